The average molecular weight is 218 g/mol. The van der Waals surface area contributed by atoms with Gasteiger partial charge < -0.3 is 0 Å². The number of aryl methyl sites for hydroxylation is 1. The number of benzene rings is 1. The van der Waals surface area contributed by atoms with Crippen LogP contribution < -0.4 is 5.43 Å². The second-order valence-corrected chi connectivity index (χ2v) is 4.55. The molecule has 0 bridgehead atoms. The Morgan fingerprint density at radius 3 is 2.25 bits per heavy atom. The van der Waals surface area contributed by atoms with Gasteiger partial charge in [0.15, 0.2) is 0 Å². The Morgan fingerprint density at radius 2 is 1.62 bits per heavy atom. The second-order valence-electron chi connectivity index (χ2n) is 4.55. The van der Waals surface area contributed by atoms with Gasteiger partial charge in [-0.1, -0.05) is 37.6 Å². The van der Waals surface area contributed by atoms with Gasteiger partial charge >= 0.3 is 0 Å². The van der Waals surface area contributed by atoms with Crippen LogP contribution in [0.4, 0.5) is 0 Å². The predicted octanol–water partition coefficient (Wildman–Crippen LogP) is 2.74. The first-order valence-corrected chi connectivity index (χ1v) is 6.45. The Morgan fingerprint density at radius 1 is 1.00 bits per heavy atom. The highest BCUT2D eigenvalue weighted by Crippen LogP contribution is 2.08. The van der Waals surface area contributed by atoms with E-state index in [1.54, 1.807) is 0 Å². The monoisotopic (exact) mass is 218 g/mol. The van der Waals surface area contributed by atoms with Gasteiger partial charge in [0.05, 0.1) is 0 Å². The fraction of sp³-hybridized carbons (Fsp3) is 0.571. The largest absolute Gasteiger partial charge is 0.251 e. The molecule has 1 fully saturated rings. The molecular weight excluding hydrogens is 196 g/mol. The number of rotatable bonds is 4. The van der Waals surface area contributed by atoms with Crippen molar-refractivity contribution in [3.8, 4) is 0 Å². The van der Waals surface area contributed by atoms with Crippen LogP contribution >= 0.6 is 0 Å². The molecule has 2 nitrogen and oxygen atoms in total. The Hall–Kier alpha value is -0.860. The van der Waals surface area contributed by atoms with Crippen LogP contribution in [0, 0.1) is 0 Å². The Balaban J connectivity index is 1.79. The van der Waals surface area contributed by atoms with E-state index in [1.165, 1.54) is 43.5 Å². The van der Waals surface area contributed by atoms with E-state index in [0.29, 0.717) is 0 Å². The molecule has 1 aromatic rings. The fourth-order valence-electron chi connectivity index (χ4n) is 2.15. The standard InChI is InChI=1S/C14H22N2/c1-2-13-6-8-14(9-7-13)12-15-16-10-4-3-5-11-16/h6-9,15H,2-5,10-12H2,1H3. The minimum Gasteiger partial charge on any atom is -0.251 e. The van der Waals surface area contributed by atoms with E-state index < -0.39 is 0 Å². The van der Waals surface area contributed by atoms with Crippen LogP contribution in [-0.2, 0) is 13.0 Å². The highest BCUT2D eigenvalue weighted by atomic mass is 15.5. The van der Waals surface area contributed by atoms with Crippen molar-refractivity contribution in [3.63, 3.8) is 0 Å². The van der Waals surface area contributed by atoms with E-state index >= 15 is 0 Å². The molecule has 0 unspecified atom stereocenters. The molecule has 88 valence electrons. The molecule has 0 aromatic heterocycles. The Bertz CT molecular complexity index is 299. The van der Waals surface area contributed by atoms with E-state index in [-0.39, 0.29) is 0 Å². The lowest BCUT2D eigenvalue weighted by Crippen LogP contribution is -2.41. The van der Waals surface area contributed by atoms with Crippen LogP contribution in [0.3, 0.4) is 0 Å². The van der Waals surface area contributed by atoms with Crippen molar-refractivity contribution in [2.45, 2.75) is 39.2 Å². The normalized spacial score (nSPS) is 17.6. The number of piperidine rings is 1. The van der Waals surface area contributed by atoms with Crippen molar-refractivity contribution in [2.24, 2.45) is 0 Å². The molecule has 0 saturated carbocycles. The first kappa shape index (κ1) is 11.6. The summed E-state index contributed by atoms with van der Waals surface area (Å²) in [7, 11) is 0. The first-order valence-electron chi connectivity index (χ1n) is 6.45. The lowest BCUT2D eigenvalue weighted by molar-refractivity contribution is 0.151. The van der Waals surface area contributed by atoms with Gasteiger partial charge in [0.1, 0.15) is 0 Å². The minimum absolute atomic E-state index is 0.962. The van der Waals surface area contributed by atoms with Gasteiger partial charge in [-0.05, 0) is 30.4 Å². The summed E-state index contributed by atoms with van der Waals surface area (Å²) in [4.78, 5) is 0. The maximum atomic E-state index is 3.51. The smallest absolute Gasteiger partial charge is 0.0353 e. The molecule has 0 radical (unpaired) electrons. The van der Waals surface area contributed by atoms with Gasteiger partial charge in [0.2, 0.25) is 0 Å². The van der Waals surface area contributed by atoms with Crippen LogP contribution in [0.2, 0.25) is 0 Å². The number of hydrogen-bond acceptors (Lipinski definition) is 2. The fourth-order valence-corrected chi connectivity index (χ4v) is 2.15. The minimum atomic E-state index is 0.962. The lowest BCUT2D eigenvalue weighted by atomic mass is 10.1. The quantitative estimate of drug-likeness (QED) is 0.836. The molecule has 0 amide bonds. The van der Waals surface area contributed by atoms with E-state index in [4.69, 9.17) is 0 Å². The molecule has 2 heteroatoms. The highest BCUT2D eigenvalue weighted by molar-refractivity contribution is 5.22. The van der Waals surface area contributed by atoms with Crippen LogP contribution in [0.5, 0.6) is 0 Å². The molecule has 1 saturated heterocycles. The summed E-state index contributed by atoms with van der Waals surface area (Å²) in [5.41, 5.74) is 6.30. The van der Waals surface area contributed by atoms with Gasteiger partial charge in [-0.15, -0.1) is 0 Å². The summed E-state index contributed by atoms with van der Waals surface area (Å²) < 4.78 is 0. The third kappa shape index (κ3) is 3.32. The molecule has 1 N–H and O–H groups in total. The molecule has 0 spiro atoms. The SMILES string of the molecule is CCc1ccc(CNN2CCCCC2)cc1. The molecule has 1 heterocycles. The maximum absolute atomic E-state index is 3.51. The third-order valence-electron chi connectivity index (χ3n) is 3.29. The average Bonchev–Trinajstić information content (AvgIpc) is 2.38. The topological polar surface area (TPSA) is 15.3 Å². The summed E-state index contributed by atoms with van der Waals surface area (Å²) >= 11 is 0. The first-order chi connectivity index (χ1) is 7.88. The summed E-state index contributed by atoms with van der Waals surface area (Å²) in [6.45, 7) is 5.56. The van der Waals surface area contributed by atoms with E-state index in [0.717, 1.165) is 13.0 Å². The zero-order valence-corrected chi connectivity index (χ0v) is 10.2. The van der Waals surface area contributed by atoms with Crippen molar-refractivity contribution >= 4 is 0 Å². The summed E-state index contributed by atoms with van der Waals surface area (Å²) in [6, 6.07) is 8.92. The van der Waals surface area contributed by atoms with E-state index in [1.807, 2.05) is 0 Å². The van der Waals surface area contributed by atoms with Crippen molar-refractivity contribution in [3.05, 3.63) is 35.4 Å². The Kier molecular flexibility index (Phi) is 4.37. The van der Waals surface area contributed by atoms with Gasteiger partial charge in [-0.2, -0.15) is 0 Å². The predicted molar refractivity (Wildman–Crippen MR) is 68.1 cm³/mol. The zero-order valence-electron chi connectivity index (χ0n) is 10.2. The summed E-state index contributed by atoms with van der Waals surface area (Å²) in [6.07, 6.45) is 5.19. The number of hydrazine groups is 1. The van der Waals surface area contributed by atoms with Crippen LogP contribution in [0.25, 0.3) is 0 Å². The molecule has 0 atom stereocenters. The van der Waals surface area contributed by atoms with Crippen molar-refractivity contribution < 1.29 is 0 Å². The molecule has 1 aliphatic heterocycles. The molecule has 0 aliphatic carbocycles. The van der Waals surface area contributed by atoms with Gasteiger partial charge in [0.25, 0.3) is 0 Å². The highest BCUT2D eigenvalue weighted by Gasteiger charge is 2.08. The van der Waals surface area contributed by atoms with Crippen molar-refractivity contribution in [2.75, 3.05) is 13.1 Å². The van der Waals surface area contributed by atoms with Crippen molar-refractivity contribution in [1.82, 2.24) is 10.4 Å². The number of hydrogen-bond donors (Lipinski definition) is 1. The lowest BCUT2D eigenvalue weighted by Gasteiger charge is -2.27. The van der Waals surface area contributed by atoms with Gasteiger partial charge in [0, 0.05) is 19.6 Å². The summed E-state index contributed by atoms with van der Waals surface area (Å²) in [5.74, 6) is 0. The van der Waals surface area contributed by atoms with Gasteiger partial charge in [-0.3, -0.25) is 5.43 Å². The Labute approximate surface area is 98.6 Å². The molecule has 16 heavy (non-hydrogen) atoms. The van der Waals surface area contributed by atoms with Crippen LogP contribution in [0.1, 0.15) is 37.3 Å². The molecule has 2 rings (SSSR count). The van der Waals surface area contributed by atoms with Gasteiger partial charge in [-0.25, -0.2) is 5.01 Å². The molecular formula is C14H22N2. The van der Waals surface area contributed by atoms with E-state index in [2.05, 4.69) is 41.6 Å². The summed E-state index contributed by atoms with van der Waals surface area (Å²) in [5, 5.41) is 2.36. The third-order valence-corrected chi connectivity index (χ3v) is 3.29. The van der Waals surface area contributed by atoms with Crippen LogP contribution in [0.15, 0.2) is 24.3 Å². The molecule has 1 aromatic carbocycles. The zero-order chi connectivity index (χ0) is 11.2. The number of nitrogens with zero attached hydrogens (tertiary/aromatic N) is 1. The molecule has 1 aliphatic rings. The van der Waals surface area contributed by atoms with Crippen LogP contribution in [-0.4, -0.2) is 18.1 Å². The van der Waals surface area contributed by atoms with E-state index in [9.17, 15) is 0 Å². The second kappa shape index (κ2) is 6.02. The number of nitrogens with one attached hydrogen (secondary N) is 1. The van der Waals surface area contributed by atoms with Crippen molar-refractivity contribution in [1.29, 1.82) is 0 Å². The maximum Gasteiger partial charge on any atom is 0.0353 e.